The summed E-state index contributed by atoms with van der Waals surface area (Å²) in [6, 6.07) is 18.2. The maximum Gasteiger partial charge on any atom is 0.402 e. The van der Waals surface area contributed by atoms with Crippen LogP contribution >= 0.6 is 0 Å². The maximum atomic E-state index is 14.1. The van der Waals surface area contributed by atoms with Crippen molar-refractivity contribution in [3.8, 4) is 0 Å². The molecule has 1 aliphatic rings. The van der Waals surface area contributed by atoms with Gasteiger partial charge in [-0.1, -0.05) is 30.3 Å². The summed E-state index contributed by atoms with van der Waals surface area (Å²) in [5, 5.41) is 0. The number of hydrogen-bond acceptors (Lipinski definition) is 3. The minimum absolute atomic E-state index is 0.0669. The van der Waals surface area contributed by atoms with Gasteiger partial charge in [-0.25, -0.2) is 13.8 Å². The molecule has 0 unspecified atom stereocenters. The van der Waals surface area contributed by atoms with Crippen LogP contribution in [0.2, 0.25) is 0 Å². The topological polar surface area (TPSA) is 19.4 Å². The molecule has 23 heavy (non-hydrogen) atoms. The first-order chi connectivity index (χ1) is 11.2. The van der Waals surface area contributed by atoms with Crippen LogP contribution in [0.1, 0.15) is 0 Å². The second kappa shape index (κ2) is 5.39. The van der Waals surface area contributed by atoms with E-state index in [9.17, 15) is 8.78 Å². The van der Waals surface area contributed by atoms with Gasteiger partial charge >= 0.3 is 7.55 Å². The molecule has 1 radical (unpaired) electrons. The van der Waals surface area contributed by atoms with Crippen LogP contribution in [0.15, 0.2) is 66.9 Å². The lowest BCUT2D eigenvalue weighted by Crippen LogP contribution is -2.29. The van der Waals surface area contributed by atoms with E-state index in [2.05, 4.69) is 4.98 Å². The van der Waals surface area contributed by atoms with E-state index in [4.69, 9.17) is 0 Å². The summed E-state index contributed by atoms with van der Waals surface area (Å²) in [6.07, 6.45) is 1.01. The molecule has 0 amide bonds. The first-order valence-corrected chi connectivity index (χ1v) is 7.12. The molecule has 1 aromatic heterocycles. The van der Waals surface area contributed by atoms with Crippen LogP contribution in [0.5, 0.6) is 0 Å². The molecule has 3 aromatic rings. The van der Waals surface area contributed by atoms with Gasteiger partial charge in [0.05, 0.1) is 17.6 Å². The average Bonchev–Trinajstić information content (AvgIpc) is 2.95. The van der Waals surface area contributed by atoms with Crippen LogP contribution in [0.25, 0.3) is 0 Å². The molecule has 0 fully saturated rings. The van der Waals surface area contributed by atoms with Crippen molar-refractivity contribution in [1.82, 2.24) is 4.98 Å². The normalized spacial score (nSPS) is 13.0. The Morgan fingerprint density at radius 3 is 2.17 bits per heavy atom. The Bertz CT molecular complexity index is 857. The highest BCUT2D eigenvalue weighted by atomic mass is 19.1. The van der Waals surface area contributed by atoms with Crippen molar-refractivity contribution in [2.75, 3.05) is 9.62 Å². The molecule has 4 rings (SSSR count). The van der Waals surface area contributed by atoms with Gasteiger partial charge in [0.15, 0.2) is 11.6 Å². The molecule has 6 heteroatoms. The first kappa shape index (κ1) is 13.8. The van der Waals surface area contributed by atoms with E-state index in [1.807, 2.05) is 59.4 Å². The predicted molar refractivity (Wildman–Crippen MR) is 87.1 cm³/mol. The number of fused-ring (bicyclic) bond motifs is 1. The van der Waals surface area contributed by atoms with E-state index in [1.54, 1.807) is 12.4 Å². The fourth-order valence-electron chi connectivity index (χ4n) is 2.66. The Kier molecular flexibility index (Phi) is 3.22. The predicted octanol–water partition coefficient (Wildman–Crippen LogP) is 4.18. The zero-order valence-corrected chi connectivity index (χ0v) is 12.0. The number of halogens is 2. The highest BCUT2D eigenvalue weighted by Crippen LogP contribution is 2.42. The van der Waals surface area contributed by atoms with Crippen molar-refractivity contribution in [3.63, 3.8) is 0 Å². The summed E-state index contributed by atoms with van der Waals surface area (Å²) in [4.78, 5) is 7.47. The quantitative estimate of drug-likeness (QED) is 0.662. The van der Waals surface area contributed by atoms with Gasteiger partial charge in [0.1, 0.15) is 5.82 Å². The van der Waals surface area contributed by atoms with E-state index in [-0.39, 0.29) is 5.82 Å². The van der Waals surface area contributed by atoms with Gasteiger partial charge in [-0.3, -0.25) is 0 Å². The Morgan fingerprint density at radius 1 is 0.826 bits per heavy atom. The van der Waals surface area contributed by atoms with Crippen LogP contribution in [0, 0.1) is 11.6 Å². The highest BCUT2D eigenvalue weighted by Gasteiger charge is 2.32. The second-order valence-corrected chi connectivity index (χ2v) is 5.14. The molecule has 3 nitrogen and oxygen atoms in total. The van der Waals surface area contributed by atoms with E-state index in [0.717, 1.165) is 29.3 Å². The lowest BCUT2D eigenvalue weighted by Gasteiger charge is -2.19. The van der Waals surface area contributed by atoms with Gasteiger partial charge in [-0.15, -0.1) is 0 Å². The number of aromatic nitrogens is 1. The molecule has 0 spiro atoms. The number of pyridine rings is 1. The van der Waals surface area contributed by atoms with Crippen molar-refractivity contribution in [2.45, 2.75) is 0 Å². The second-order valence-electron chi connectivity index (χ2n) is 5.14. The fourth-order valence-corrected chi connectivity index (χ4v) is 2.66. The van der Waals surface area contributed by atoms with Crippen molar-refractivity contribution in [3.05, 3.63) is 78.5 Å². The largest absolute Gasteiger partial charge is 0.402 e. The standard InChI is InChI=1S/C17H11BF2N3/c19-12-10-14(20)17(21-11-12)23-16-9-5-4-8-15(16)22(18-23)13-6-2-1-3-7-13/h1-11H. The molecule has 2 aromatic carbocycles. The lowest BCUT2D eigenvalue weighted by atomic mass is 10.1. The van der Waals surface area contributed by atoms with Gasteiger partial charge in [-0.05, 0) is 24.3 Å². The fraction of sp³-hybridized carbons (Fsp3) is 0. The Hall–Kier alpha value is -2.89. The zero-order valence-electron chi connectivity index (χ0n) is 12.0. The van der Waals surface area contributed by atoms with E-state index < -0.39 is 11.6 Å². The van der Waals surface area contributed by atoms with Gasteiger partial charge < -0.3 is 9.62 Å². The Balaban J connectivity index is 1.82. The molecule has 2 heterocycles. The number of benzene rings is 2. The van der Waals surface area contributed by atoms with Crippen molar-refractivity contribution in [1.29, 1.82) is 0 Å². The summed E-state index contributed by atoms with van der Waals surface area (Å²) >= 11 is 0. The third-order valence-electron chi connectivity index (χ3n) is 3.68. The third-order valence-corrected chi connectivity index (χ3v) is 3.68. The molecule has 0 saturated heterocycles. The summed E-state index contributed by atoms with van der Waals surface area (Å²) in [6.45, 7) is 0. The van der Waals surface area contributed by atoms with Crippen molar-refractivity contribution in [2.24, 2.45) is 0 Å². The smallest absolute Gasteiger partial charge is 0.367 e. The monoisotopic (exact) mass is 306 g/mol. The molecule has 111 valence electrons. The molecule has 0 aliphatic carbocycles. The van der Waals surface area contributed by atoms with Crippen molar-refractivity contribution >= 4 is 30.4 Å². The average molecular weight is 306 g/mol. The van der Waals surface area contributed by atoms with Crippen LogP contribution in [0.3, 0.4) is 0 Å². The molecular formula is C17H11BF2N3. The number of rotatable bonds is 2. The number of para-hydroxylation sites is 3. The number of nitrogens with zero attached hydrogens (tertiary/aromatic N) is 3. The molecule has 0 N–H and O–H groups in total. The summed E-state index contributed by atoms with van der Waals surface area (Å²) in [5.41, 5.74) is 2.64. The molecule has 0 saturated carbocycles. The molecule has 0 bridgehead atoms. The number of anilines is 4. The van der Waals surface area contributed by atoms with Gasteiger partial charge in [-0.2, -0.15) is 0 Å². The SMILES string of the molecule is Fc1cnc(N2[B]N(c3ccccc3)c3ccccc32)c(F)c1. The van der Waals surface area contributed by atoms with Gasteiger partial charge in [0, 0.05) is 11.8 Å². The minimum Gasteiger partial charge on any atom is -0.367 e. The molecule has 0 atom stereocenters. The maximum absolute atomic E-state index is 14.1. The summed E-state index contributed by atoms with van der Waals surface area (Å²) in [7, 11) is 1.75. The van der Waals surface area contributed by atoms with Gasteiger partial charge in [0.25, 0.3) is 0 Å². The van der Waals surface area contributed by atoms with E-state index >= 15 is 0 Å². The zero-order chi connectivity index (χ0) is 15.8. The molecule has 1 aliphatic heterocycles. The van der Waals surface area contributed by atoms with E-state index in [1.165, 1.54) is 0 Å². The van der Waals surface area contributed by atoms with Gasteiger partial charge in [0.2, 0.25) is 0 Å². The third kappa shape index (κ3) is 2.32. The van der Waals surface area contributed by atoms with Crippen LogP contribution in [0.4, 0.5) is 31.7 Å². The number of hydrogen-bond donors (Lipinski definition) is 0. The summed E-state index contributed by atoms with van der Waals surface area (Å²) < 4.78 is 27.3. The van der Waals surface area contributed by atoms with Crippen molar-refractivity contribution < 1.29 is 8.78 Å². The highest BCUT2D eigenvalue weighted by molar-refractivity contribution is 6.55. The molecular weight excluding hydrogens is 295 g/mol. The van der Waals surface area contributed by atoms with Crippen LogP contribution < -0.4 is 9.62 Å². The first-order valence-electron chi connectivity index (χ1n) is 7.12. The lowest BCUT2D eigenvalue weighted by molar-refractivity contribution is 0.575. The Labute approximate surface area is 133 Å². The Morgan fingerprint density at radius 2 is 1.48 bits per heavy atom. The minimum atomic E-state index is -0.703. The van der Waals surface area contributed by atoms with Crippen LogP contribution in [-0.2, 0) is 0 Å². The van der Waals surface area contributed by atoms with Crippen LogP contribution in [-0.4, -0.2) is 12.5 Å². The van der Waals surface area contributed by atoms with E-state index in [0.29, 0.717) is 0 Å². The summed E-state index contributed by atoms with van der Waals surface area (Å²) in [5.74, 6) is -1.33.